The second-order valence-corrected chi connectivity index (χ2v) is 7.59. The van der Waals surface area contributed by atoms with Gasteiger partial charge in [0.2, 0.25) is 5.91 Å². The van der Waals surface area contributed by atoms with E-state index in [1.54, 1.807) is 30.3 Å². The van der Waals surface area contributed by atoms with Gasteiger partial charge >= 0.3 is 0 Å². The van der Waals surface area contributed by atoms with E-state index in [2.05, 4.69) is 20.9 Å². The first-order valence-electron chi connectivity index (χ1n) is 8.88. The molecular weight excluding hydrogens is 418 g/mol. The van der Waals surface area contributed by atoms with Crippen molar-refractivity contribution in [1.29, 1.82) is 0 Å². The first-order chi connectivity index (χ1) is 13.9. The van der Waals surface area contributed by atoms with Crippen LogP contribution in [0.5, 0.6) is 0 Å². The number of alkyl halides is 2. The van der Waals surface area contributed by atoms with Gasteiger partial charge in [0.25, 0.3) is 6.43 Å². The number of rotatable bonds is 8. The number of hydrogen-bond acceptors (Lipinski definition) is 5. The van der Waals surface area contributed by atoms with Crippen LogP contribution in [0, 0.1) is 0 Å². The molecule has 0 spiro atoms. The van der Waals surface area contributed by atoms with Crippen molar-refractivity contribution in [3.63, 3.8) is 0 Å². The number of aromatic nitrogens is 1. The van der Waals surface area contributed by atoms with E-state index in [0.29, 0.717) is 39.8 Å². The van der Waals surface area contributed by atoms with Crippen molar-refractivity contribution in [3.8, 4) is 0 Å². The van der Waals surface area contributed by atoms with Gasteiger partial charge in [-0.1, -0.05) is 23.7 Å². The van der Waals surface area contributed by atoms with Gasteiger partial charge in [0.1, 0.15) is 5.82 Å². The summed E-state index contributed by atoms with van der Waals surface area (Å²) >= 11 is 6.81. The van der Waals surface area contributed by atoms with E-state index in [9.17, 15) is 13.6 Å². The first kappa shape index (κ1) is 21.0. The highest BCUT2D eigenvalue weighted by Gasteiger charge is 2.13. The average Bonchev–Trinajstić information content (AvgIpc) is 3.11. The van der Waals surface area contributed by atoms with Gasteiger partial charge in [0.05, 0.1) is 10.2 Å². The van der Waals surface area contributed by atoms with Crippen LogP contribution in [0.2, 0.25) is 5.02 Å². The van der Waals surface area contributed by atoms with Gasteiger partial charge < -0.3 is 16.0 Å². The maximum atomic E-state index is 12.8. The lowest BCUT2D eigenvalue weighted by atomic mass is 10.2. The smallest absolute Gasteiger partial charge is 0.289 e. The van der Waals surface area contributed by atoms with Gasteiger partial charge in [-0.25, -0.2) is 13.8 Å². The Morgan fingerprint density at radius 2 is 1.97 bits per heavy atom. The molecule has 3 rings (SSSR count). The predicted octanol–water partition coefficient (Wildman–Crippen LogP) is 5.07. The molecule has 0 aliphatic carbocycles. The van der Waals surface area contributed by atoms with Crippen molar-refractivity contribution in [3.05, 3.63) is 70.0 Å². The van der Waals surface area contributed by atoms with Gasteiger partial charge in [-0.05, 0) is 42.8 Å². The van der Waals surface area contributed by atoms with Gasteiger partial charge in [0.15, 0.2) is 5.01 Å². The number of amides is 1. The molecule has 9 heteroatoms. The van der Waals surface area contributed by atoms with Gasteiger partial charge in [-0.15, -0.1) is 11.3 Å². The summed E-state index contributed by atoms with van der Waals surface area (Å²) in [4.78, 5) is 16.2. The van der Waals surface area contributed by atoms with Crippen LogP contribution in [-0.2, 0) is 11.3 Å². The molecule has 0 unspecified atom stereocenters. The standard InChI is InChI=1S/C20H19ClF2N4OS/c1-2-24-17(10-18(28)25-11-12-3-5-13(21)6-4-12)26-14-7-8-15-16(9-14)29-20(27-15)19(22)23/h3-10,19,24,26H,2,11H2,1H3,(H,25,28)/b17-10+. The SMILES string of the molecule is CCN/C(=C\C(=O)NCc1ccc(Cl)cc1)Nc1ccc2nc(C(F)F)sc2c1. The largest absolute Gasteiger partial charge is 0.372 e. The molecule has 0 aliphatic rings. The Morgan fingerprint density at radius 3 is 2.66 bits per heavy atom. The lowest BCUT2D eigenvalue weighted by molar-refractivity contribution is -0.116. The maximum Gasteiger partial charge on any atom is 0.289 e. The lowest BCUT2D eigenvalue weighted by Crippen LogP contribution is -2.26. The zero-order valence-corrected chi connectivity index (χ0v) is 17.1. The molecule has 0 atom stereocenters. The number of nitrogens with zero attached hydrogens (tertiary/aromatic N) is 1. The highest BCUT2D eigenvalue weighted by molar-refractivity contribution is 7.18. The van der Waals surface area contributed by atoms with Crippen molar-refractivity contribution in [2.45, 2.75) is 19.9 Å². The summed E-state index contributed by atoms with van der Waals surface area (Å²) in [5.74, 6) is 0.223. The quantitative estimate of drug-likeness (QED) is 0.431. The van der Waals surface area contributed by atoms with Crippen LogP contribution in [0.3, 0.4) is 0 Å². The van der Waals surface area contributed by atoms with E-state index in [0.717, 1.165) is 16.9 Å². The van der Waals surface area contributed by atoms with Crippen LogP contribution >= 0.6 is 22.9 Å². The highest BCUT2D eigenvalue weighted by atomic mass is 35.5. The molecule has 0 bridgehead atoms. The molecule has 0 aliphatic heterocycles. The lowest BCUT2D eigenvalue weighted by Gasteiger charge is -2.12. The van der Waals surface area contributed by atoms with E-state index in [1.807, 2.05) is 19.1 Å². The summed E-state index contributed by atoms with van der Waals surface area (Å²) in [6.07, 6.45) is -1.17. The summed E-state index contributed by atoms with van der Waals surface area (Å²) in [7, 11) is 0. The minimum absolute atomic E-state index is 0.207. The number of halogens is 3. The fourth-order valence-electron chi connectivity index (χ4n) is 2.56. The van der Waals surface area contributed by atoms with Crippen LogP contribution in [0.25, 0.3) is 10.2 Å². The van der Waals surface area contributed by atoms with Crippen LogP contribution in [-0.4, -0.2) is 17.4 Å². The molecule has 1 heterocycles. The third kappa shape index (κ3) is 5.88. The fraction of sp³-hybridized carbons (Fsp3) is 0.200. The molecule has 0 saturated carbocycles. The van der Waals surface area contributed by atoms with Crippen molar-refractivity contribution >= 4 is 44.7 Å². The predicted molar refractivity (Wildman–Crippen MR) is 113 cm³/mol. The fourth-order valence-corrected chi connectivity index (χ4v) is 3.55. The monoisotopic (exact) mass is 436 g/mol. The Balaban J connectivity index is 1.68. The molecular formula is C20H19ClF2N4OS. The second-order valence-electron chi connectivity index (χ2n) is 6.09. The molecule has 2 aromatic carbocycles. The number of carbonyl (C=O) groups is 1. The highest BCUT2D eigenvalue weighted by Crippen LogP contribution is 2.31. The number of anilines is 1. The van der Waals surface area contributed by atoms with E-state index >= 15 is 0 Å². The first-order valence-corrected chi connectivity index (χ1v) is 10.1. The third-order valence-corrected chi connectivity index (χ3v) is 5.17. The minimum atomic E-state index is -2.59. The van der Waals surface area contributed by atoms with Crippen LogP contribution in [0.1, 0.15) is 23.9 Å². The maximum absolute atomic E-state index is 12.8. The Bertz CT molecular complexity index is 1020. The van der Waals surface area contributed by atoms with Crippen molar-refractivity contribution in [2.75, 3.05) is 11.9 Å². The summed E-state index contributed by atoms with van der Waals surface area (Å²) in [5.41, 5.74) is 2.12. The minimum Gasteiger partial charge on any atom is -0.372 e. The summed E-state index contributed by atoms with van der Waals surface area (Å²) in [5, 5.41) is 9.43. The Labute approximate surface area is 175 Å². The number of benzene rings is 2. The summed E-state index contributed by atoms with van der Waals surface area (Å²) < 4.78 is 26.3. The molecule has 1 aromatic heterocycles. The topological polar surface area (TPSA) is 66.1 Å². The number of hydrogen-bond donors (Lipinski definition) is 3. The van der Waals surface area contributed by atoms with Crippen LogP contribution < -0.4 is 16.0 Å². The Hall–Kier alpha value is -2.71. The van der Waals surface area contributed by atoms with Crippen molar-refractivity contribution in [2.24, 2.45) is 0 Å². The zero-order valence-electron chi connectivity index (χ0n) is 15.5. The van der Waals surface area contributed by atoms with E-state index in [4.69, 9.17) is 11.6 Å². The third-order valence-electron chi connectivity index (χ3n) is 3.89. The average molecular weight is 437 g/mol. The van der Waals surface area contributed by atoms with Crippen LogP contribution in [0.4, 0.5) is 14.5 Å². The van der Waals surface area contributed by atoms with Crippen molar-refractivity contribution < 1.29 is 13.6 Å². The summed E-state index contributed by atoms with van der Waals surface area (Å²) in [6, 6.07) is 12.3. The van der Waals surface area contributed by atoms with E-state index < -0.39 is 6.43 Å². The van der Waals surface area contributed by atoms with Crippen molar-refractivity contribution in [1.82, 2.24) is 15.6 Å². The Kier molecular flexibility index (Phi) is 7.00. The van der Waals surface area contributed by atoms with Gasteiger partial charge in [-0.3, -0.25) is 4.79 Å². The number of fused-ring (bicyclic) bond motifs is 1. The molecule has 29 heavy (non-hydrogen) atoms. The van der Waals surface area contributed by atoms with Crippen LogP contribution in [0.15, 0.2) is 54.4 Å². The molecule has 0 saturated heterocycles. The Morgan fingerprint density at radius 1 is 1.21 bits per heavy atom. The summed E-state index contributed by atoms with van der Waals surface area (Å²) in [6.45, 7) is 2.87. The molecule has 3 aromatic rings. The molecule has 0 fully saturated rings. The van der Waals surface area contributed by atoms with E-state index in [1.165, 1.54) is 6.08 Å². The number of thiazole rings is 1. The second kappa shape index (κ2) is 9.67. The molecule has 5 nitrogen and oxygen atoms in total. The zero-order chi connectivity index (χ0) is 20.8. The normalized spacial score (nSPS) is 11.7. The van der Waals surface area contributed by atoms with Gasteiger partial charge in [-0.2, -0.15) is 0 Å². The number of nitrogens with one attached hydrogen (secondary N) is 3. The molecule has 0 radical (unpaired) electrons. The molecule has 152 valence electrons. The number of carbonyl (C=O) groups excluding carboxylic acids is 1. The van der Waals surface area contributed by atoms with E-state index in [-0.39, 0.29) is 10.9 Å². The molecule has 3 N–H and O–H groups in total. The van der Waals surface area contributed by atoms with Gasteiger partial charge in [0, 0.05) is 29.9 Å². The molecule has 1 amide bonds.